The number of morpholine rings is 1. The van der Waals surface area contributed by atoms with Crippen LogP contribution in [0.5, 0.6) is 0 Å². The van der Waals surface area contributed by atoms with E-state index in [2.05, 4.69) is 15.3 Å². The molecule has 2 heterocycles. The van der Waals surface area contributed by atoms with Crippen LogP contribution in [-0.4, -0.2) is 64.3 Å². The van der Waals surface area contributed by atoms with E-state index in [4.69, 9.17) is 9.84 Å². The predicted octanol–water partition coefficient (Wildman–Crippen LogP) is 0.130. The summed E-state index contributed by atoms with van der Waals surface area (Å²) in [4.78, 5) is 22.4. The van der Waals surface area contributed by atoms with Crippen molar-refractivity contribution in [1.82, 2.24) is 14.9 Å². The van der Waals surface area contributed by atoms with Crippen LogP contribution in [0.3, 0.4) is 0 Å². The lowest BCUT2D eigenvalue weighted by Gasteiger charge is -2.37. The van der Waals surface area contributed by atoms with Crippen LogP contribution in [0.1, 0.15) is 24.3 Å². The van der Waals surface area contributed by atoms with Gasteiger partial charge in [0.2, 0.25) is 0 Å². The highest BCUT2D eigenvalue weighted by molar-refractivity contribution is 5.92. The molecule has 2 rings (SSSR count). The highest BCUT2D eigenvalue weighted by Crippen LogP contribution is 2.14. The Balaban J connectivity index is 2.08. The van der Waals surface area contributed by atoms with Gasteiger partial charge in [-0.1, -0.05) is 0 Å². The molecular weight excluding hydrogens is 260 g/mol. The molecule has 1 aliphatic heterocycles. The summed E-state index contributed by atoms with van der Waals surface area (Å²) in [6.45, 7) is 5.31. The second-order valence-corrected chi connectivity index (χ2v) is 4.76. The first-order valence-corrected chi connectivity index (χ1v) is 6.75. The lowest BCUT2D eigenvalue weighted by Crippen LogP contribution is -2.52. The van der Waals surface area contributed by atoms with Crippen molar-refractivity contribution in [2.45, 2.75) is 26.0 Å². The van der Waals surface area contributed by atoms with E-state index < -0.39 is 0 Å². The number of nitrogens with zero attached hydrogens (tertiary/aromatic N) is 3. The molecule has 110 valence electrons. The van der Waals surface area contributed by atoms with Crippen molar-refractivity contribution in [3.63, 3.8) is 0 Å². The minimum Gasteiger partial charge on any atom is -0.394 e. The number of carbonyl (C=O) groups excluding carboxylic acids is 1. The van der Waals surface area contributed by atoms with Gasteiger partial charge in [0.25, 0.3) is 5.91 Å². The Morgan fingerprint density at radius 1 is 1.55 bits per heavy atom. The number of rotatable bonds is 4. The fourth-order valence-corrected chi connectivity index (χ4v) is 2.07. The lowest BCUT2D eigenvalue weighted by molar-refractivity contribution is -0.0668. The van der Waals surface area contributed by atoms with Crippen LogP contribution in [0.25, 0.3) is 0 Å². The van der Waals surface area contributed by atoms with Gasteiger partial charge in [-0.25, -0.2) is 9.97 Å². The van der Waals surface area contributed by atoms with E-state index in [1.54, 1.807) is 11.1 Å². The zero-order chi connectivity index (χ0) is 14.5. The Kier molecular flexibility index (Phi) is 4.86. The zero-order valence-corrected chi connectivity index (χ0v) is 11.7. The van der Waals surface area contributed by atoms with E-state index in [9.17, 15) is 4.79 Å². The van der Waals surface area contributed by atoms with E-state index in [-0.39, 0.29) is 24.7 Å². The van der Waals surface area contributed by atoms with Gasteiger partial charge >= 0.3 is 0 Å². The van der Waals surface area contributed by atoms with Crippen molar-refractivity contribution >= 4 is 11.7 Å². The fraction of sp³-hybridized carbons (Fsp3) is 0.615. The Morgan fingerprint density at radius 2 is 2.35 bits per heavy atom. The van der Waals surface area contributed by atoms with Crippen LogP contribution < -0.4 is 5.32 Å². The summed E-state index contributed by atoms with van der Waals surface area (Å²) in [6, 6.07) is -0.0412. The number of ether oxygens (including phenoxy) is 1. The molecule has 0 radical (unpaired) electrons. The number of carbonyl (C=O) groups is 1. The van der Waals surface area contributed by atoms with Gasteiger partial charge in [0.05, 0.1) is 37.8 Å². The molecule has 0 bridgehead atoms. The van der Waals surface area contributed by atoms with Gasteiger partial charge in [-0.3, -0.25) is 4.79 Å². The topological polar surface area (TPSA) is 87.6 Å². The monoisotopic (exact) mass is 280 g/mol. The first-order valence-electron chi connectivity index (χ1n) is 6.75. The number of nitrogens with one attached hydrogen (secondary N) is 1. The van der Waals surface area contributed by atoms with Crippen LogP contribution in [0.4, 0.5) is 5.82 Å². The average Bonchev–Trinajstić information content (AvgIpc) is 2.48. The van der Waals surface area contributed by atoms with Crippen molar-refractivity contribution in [2.24, 2.45) is 0 Å². The summed E-state index contributed by atoms with van der Waals surface area (Å²) < 4.78 is 5.42. The van der Waals surface area contributed by atoms with Gasteiger partial charge in [0, 0.05) is 13.1 Å². The SMILES string of the molecule is CCNc1cnc(C(=O)N2CC(CO)OCC2C)cn1. The molecule has 1 amide bonds. The van der Waals surface area contributed by atoms with Crippen molar-refractivity contribution in [1.29, 1.82) is 0 Å². The maximum Gasteiger partial charge on any atom is 0.274 e. The van der Waals surface area contributed by atoms with E-state index in [1.165, 1.54) is 6.20 Å². The third kappa shape index (κ3) is 3.23. The van der Waals surface area contributed by atoms with Crippen LogP contribution in [0.15, 0.2) is 12.4 Å². The number of amides is 1. The van der Waals surface area contributed by atoms with Gasteiger partial charge in [0.1, 0.15) is 11.5 Å². The standard InChI is InChI=1S/C13H20N4O3/c1-3-14-12-5-15-11(4-16-12)13(19)17-6-10(7-18)20-8-9(17)2/h4-5,9-10,18H,3,6-8H2,1-2H3,(H,14,16). The maximum absolute atomic E-state index is 12.4. The largest absolute Gasteiger partial charge is 0.394 e. The molecule has 0 saturated carbocycles. The van der Waals surface area contributed by atoms with Gasteiger partial charge < -0.3 is 20.1 Å². The summed E-state index contributed by atoms with van der Waals surface area (Å²) in [6.07, 6.45) is 2.69. The van der Waals surface area contributed by atoms with Crippen LogP contribution >= 0.6 is 0 Å². The number of anilines is 1. The Hall–Kier alpha value is -1.73. The van der Waals surface area contributed by atoms with Gasteiger partial charge in [0.15, 0.2) is 0 Å². The number of aromatic nitrogens is 2. The molecule has 1 aromatic heterocycles. The van der Waals surface area contributed by atoms with Crippen LogP contribution in [0.2, 0.25) is 0 Å². The summed E-state index contributed by atoms with van der Waals surface area (Å²) in [5, 5.41) is 12.2. The molecule has 20 heavy (non-hydrogen) atoms. The number of aliphatic hydroxyl groups excluding tert-OH is 1. The molecule has 0 aliphatic carbocycles. The quantitative estimate of drug-likeness (QED) is 0.815. The molecule has 1 aliphatic rings. The maximum atomic E-state index is 12.4. The molecule has 1 aromatic rings. The molecule has 1 saturated heterocycles. The second kappa shape index (κ2) is 6.62. The summed E-state index contributed by atoms with van der Waals surface area (Å²) in [7, 11) is 0. The fourth-order valence-electron chi connectivity index (χ4n) is 2.07. The van der Waals surface area contributed by atoms with Gasteiger partial charge in [-0.05, 0) is 13.8 Å². The third-order valence-corrected chi connectivity index (χ3v) is 3.20. The Bertz CT molecular complexity index is 451. The predicted molar refractivity (Wildman–Crippen MR) is 73.5 cm³/mol. The first-order chi connectivity index (χ1) is 9.65. The molecular formula is C13H20N4O3. The third-order valence-electron chi connectivity index (χ3n) is 3.20. The minimum atomic E-state index is -0.329. The second-order valence-electron chi connectivity index (χ2n) is 4.76. The Morgan fingerprint density at radius 3 is 2.95 bits per heavy atom. The zero-order valence-electron chi connectivity index (χ0n) is 11.7. The molecule has 1 fully saturated rings. The number of hydrogen-bond donors (Lipinski definition) is 2. The molecule has 2 unspecified atom stereocenters. The van der Waals surface area contributed by atoms with E-state index in [1.807, 2.05) is 13.8 Å². The van der Waals surface area contributed by atoms with Crippen molar-refractivity contribution in [2.75, 3.05) is 31.6 Å². The number of aliphatic hydroxyl groups is 1. The van der Waals surface area contributed by atoms with Crippen molar-refractivity contribution in [3.8, 4) is 0 Å². The van der Waals surface area contributed by atoms with E-state index >= 15 is 0 Å². The summed E-state index contributed by atoms with van der Waals surface area (Å²) in [5.41, 5.74) is 0.303. The molecule has 0 spiro atoms. The van der Waals surface area contributed by atoms with E-state index in [0.717, 1.165) is 6.54 Å². The van der Waals surface area contributed by atoms with Crippen LogP contribution in [-0.2, 0) is 4.74 Å². The normalized spacial score (nSPS) is 22.6. The Labute approximate surface area is 118 Å². The molecule has 2 atom stereocenters. The molecule has 0 aromatic carbocycles. The first kappa shape index (κ1) is 14.7. The number of hydrogen-bond acceptors (Lipinski definition) is 6. The highest BCUT2D eigenvalue weighted by Gasteiger charge is 2.30. The van der Waals surface area contributed by atoms with Crippen LogP contribution in [0, 0.1) is 0 Å². The minimum absolute atomic E-state index is 0.0412. The summed E-state index contributed by atoms with van der Waals surface area (Å²) >= 11 is 0. The van der Waals surface area contributed by atoms with Crippen molar-refractivity contribution in [3.05, 3.63) is 18.1 Å². The van der Waals surface area contributed by atoms with Gasteiger partial charge in [-0.15, -0.1) is 0 Å². The average molecular weight is 280 g/mol. The molecule has 2 N–H and O–H groups in total. The van der Waals surface area contributed by atoms with E-state index in [0.29, 0.717) is 24.7 Å². The van der Waals surface area contributed by atoms with Gasteiger partial charge in [-0.2, -0.15) is 0 Å². The molecule has 7 heteroatoms. The molecule has 7 nitrogen and oxygen atoms in total. The lowest BCUT2D eigenvalue weighted by atomic mass is 10.2. The van der Waals surface area contributed by atoms with Crippen molar-refractivity contribution < 1.29 is 14.6 Å². The highest BCUT2D eigenvalue weighted by atomic mass is 16.5. The smallest absolute Gasteiger partial charge is 0.274 e. The summed E-state index contributed by atoms with van der Waals surface area (Å²) in [5.74, 6) is 0.460.